The van der Waals surface area contributed by atoms with Crippen molar-refractivity contribution in [3.05, 3.63) is 39.7 Å². The van der Waals surface area contributed by atoms with Crippen LogP contribution in [0.1, 0.15) is 17.3 Å². The Bertz CT molecular complexity index is 644. The highest BCUT2D eigenvalue weighted by atomic mass is 19.1. The molecule has 1 heterocycles. The fraction of sp³-hybridized carbons (Fsp3) is 0.467. The average molecular weight is 338 g/mol. The molecular weight excluding hydrogens is 319 g/mol. The normalized spacial score (nSPS) is 15.2. The largest absolute Gasteiger partial charge is 0.355 e. The molecule has 0 aliphatic carbocycles. The molecule has 0 spiro atoms. The van der Waals surface area contributed by atoms with E-state index < -0.39 is 22.3 Å². The van der Waals surface area contributed by atoms with Gasteiger partial charge in [-0.25, -0.2) is 4.39 Å². The Kier molecular flexibility index (Phi) is 5.80. The monoisotopic (exact) mass is 338 g/mol. The van der Waals surface area contributed by atoms with Gasteiger partial charge >= 0.3 is 0 Å². The number of likely N-dealkylation sites (N-methyl/N-ethyl adjacent to an activating group) is 1. The first-order valence-electron chi connectivity index (χ1n) is 7.64. The number of non-ortho nitro benzene ring substituents is 1. The van der Waals surface area contributed by atoms with Crippen LogP contribution < -0.4 is 5.32 Å². The standard InChI is InChI=1S/C15H19FN4O4/c1-2-17-14(21)10-18-5-7-19(8-6-18)15(22)12-4-3-11(20(23)24)9-13(12)16/h3-4,9H,2,5-8,10H2,1H3,(H,17,21). The van der Waals surface area contributed by atoms with Crippen LogP contribution in [0.2, 0.25) is 0 Å². The predicted molar refractivity (Wildman–Crippen MR) is 84.1 cm³/mol. The van der Waals surface area contributed by atoms with Gasteiger partial charge in [0.05, 0.1) is 23.1 Å². The Morgan fingerprint density at radius 3 is 2.50 bits per heavy atom. The Morgan fingerprint density at radius 2 is 1.96 bits per heavy atom. The summed E-state index contributed by atoms with van der Waals surface area (Å²) in [6.07, 6.45) is 0. The van der Waals surface area contributed by atoms with Crippen molar-refractivity contribution in [2.75, 3.05) is 39.3 Å². The molecule has 1 N–H and O–H groups in total. The van der Waals surface area contributed by atoms with Gasteiger partial charge in [-0.2, -0.15) is 0 Å². The van der Waals surface area contributed by atoms with Crippen molar-refractivity contribution < 1.29 is 18.9 Å². The molecule has 9 heteroatoms. The highest BCUT2D eigenvalue weighted by Gasteiger charge is 2.25. The zero-order chi connectivity index (χ0) is 17.7. The van der Waals surface area contributed by atoms with Gasteiger partial charge in [0.15, 0.2) is 0 Å². The van der Waals surface area contributed by atoms with Crippen molar-refractivity contribution in [1.29, 1.82) is 0 Å². The van der Waals surface area contributed by atoms with Gasteiger partial charge in [0, 0.05) is 38.8 Å². The van der Waals surface area contributed by atoms with Gasteiger partial charge in [0.25, 0.3) is 11.6 Å². The van der Waals surface area contributed by atoms with Crippen molar-refractivity contribution >= 4 is 17.5 Å². The molecule has 0 aromatic heterocycles. The minimum atomic E-state index is -0.904. The van der Waals surface area contributed by atoms with E-state index in [0.717, 1.165) is 18.2 Å². The van der Waals surface area contributed by atoms with Gasteiger partial charge in [-0.05, 0) is 13.0 Å². The summed E-state index contributed by atoms with van der Waals surface area (Å²) in [7, 11) is 0. The molecule has 0 atom stereocenters. The summed E-state index contributed by atoms with van der Waals surface area (Å²) in [5.74, 6) is -1.47. The third-order valence-electron chi connectivity index (χ3n) is 3.79. The second kappa shape index (κ2) is 7.82. The summed E-state index contributed by atoms with van der Waals surface area (Å²) in [5.41, 5.74) is -0.575. The van der Waals surface area contributed by atoms with Gasteiger partial charge in [0.1, 0.15) is 5.82 Å². The summed E-state index contributed by atoms with van der Waals surface area (Å²) in [6, 6.07) is 3.00. The number of nitro groups is 1. The molecule has 2 rings (SSSR count). The van der Waals surface area contributed by atoms with E-state index in [1.807, 2.05) is 11.8 Å². The van der Waals surface area contributed by atoms with E-state index >= 15 is 0 Å². The molecule has 0 bridgehead atoms. The Morgan fingerprint density at radius 1 is 1.29 bits per heavy atom. The van der Waals surface area contributed by atoms with Crippen molar-refractivity contribution in [1.82, 2.24) is 15.1 Å². The van der Waals surface area contributed by atoms with Gasteiger partial charge in [0.2, 0.25) is 5.91 Å². The van der Waals surface area contributed by atoms with E-state index in [0.29, 0.717) is 32.7 Å². The third-order valence-corrected chi connectivity index (χ3v) is 3.79. The number of nitro benzene ring substituents is 1. The summed E-state index contributed by atoms with van der Waals surface area (Å²) < 4.78 is 13.9. The summed E-state index contributed by atoms with van der Waals surface area (Å²) in [4.78, 5) is 37.2. The Balaban J connectivity index is 1.95. The second-order valence-electron chi connectivity index (χ2n) is 5.44. The number of nitrogens with one attached hydrogen (secondary N) is 1. The minimum Gasteiger partial charge on any atom is -0.355 e. The number of carbonyl (C=O) groups is 2. The minimum absolute atomic E-state index is 0.0707. The first-order chi connectivity index (χ1) is 11.4. The lowest BCUT2D eigenvalue weighted by molar-refractivity contribution is -0.385. The van der Waals surface area contributed by atoms with Crippen LogP contribution in [0.5, 0.6) is 0 Å². The maximum absolute atomic E-state index is 13.9. The van der Waals surface area contributed by atoms with E-state index in [4.69, 9.17) is 0 Å². The Hall–Kier alpha value is -2.55. The number of hydrogen-bond acceptors (Lipinski definition) is 5. The lowest BCUT2D eigenvalue weighted by Gasteiger charge is -2.34. The van der Waals surface area contributed by atoms with E-state index in [2.05, 4.69) is 5.32 Å². The SMILES string of the molecule is CCNC(=O)CN1CCN(C(=O)c2ccc([N+](=O)[O-])cc2F)CC1. The maximum Gasteiger partial charge on any atom is 0.272 e. The van der Waals surface area contributed by atoms with Crippen LogP contribution in [0.25, 0.3) is 0 Å². The molecule has 2 amide bonds. The van der Waals surface area contributed by atoms with Crippen LogP contribution in [0, 0.1) is 15.9 Å². The zero-order valence-electron chi connectivity index (χ0n) is 13.3. The molecule has 1 aromatic carbocycles. The third kappa shape index (κ3) is 4.25. The van der Waals surface area contributed by atoms with Crippen LogP contribution in [0.4, 0.5) is 10.1 Å². The highest BCUT2D eigenvalue weighted by molar-refractivity contribution is 5.94. The molecule has 1 fully saturated rings. The predicted octanol–water partition coefficient (Wildman–Crippen LogP) is 0.628. The number of amides is 2. The van der Waals surface area contributed by atoms with E-state index in [-0.39, 0.29) is 18.0 Å². The van der Waals surface area contributed by atoms with Crippen LogP contribution in [-0.2, 0) is 4.79 Å². The van der Waals surface area contributed by atoms with Crippen LogP contribution in [-0.4, -0.2) is 65.8 Å². The van der Waals surface area contributed by atoms with E-state index in [9.17, 15) is 24.1 Å². The second-order valence-corrected chi connectivity index (χ2v) is 5.44. The first-order valence-corrected chi connectivity index (χ1v) is 7.64. The molecule has 1 saturated heterocycles. The topological polar surface area (TPSA) is 95.8 Å². The van der Waals surface area contributed by atoms with Gasteiger partial charge in [-0.15, -0.1) is 0 Å². The number of halogens is 1. The van der Waals surface area contributed by atoms with Crippen molar-refractivity contribution in [3.8, 4) is 0 Å². The summed E-state index contributed by atoms with van der Waals surface area (Å²) in [6.45, 7) is 4.43. The van der Waals surface area contributed by atoms with Crippen LogP contribution >= 0.6 is 0 Å². The fourth-order valence-electron chi connectivity index (χ4n) is 2.53. The highest BCUT2D eigenvalue weighted by Crippen LogP contribution is 2.18. The molecule has 1 aliphatic heterocycles. The molecule has 0 saturated carbocycles. The molecule has 1 aromatic rings. The molecule has 8 nitrogen and oxygen atoms in total. The smallest absolute Gasteiger partial charge is 0.272 e. The van der Waals surface area contributed by atoms with Gasteiger partial charge in [-0.3, -0.25) is 24.6 Å². The number of nitrogens with zero attached hydrogens (tertiary/aromatic N) is 3. The van der Waals surface area contributed by atoms with E-state index in [1.165, 1.54) is 4.90 Å². The lowest BCUT2D eigenvalue weighted by atomic mass is 10.1. The average Bonchev–Trinajstić information content (AvgIpc) is 2.55. The number of hydrogen-bond donors (Lipinski definition) is 1. The molecular formula is C15H19FN4O4. The molecule has 0 unspecified atom stereocenters. The number of piperazine rings is 1. The van der Waals surface area contributed by atoms with Crippen molar-refractivity contribution in [2.24, 2.45) is 0 Å². The molecule has 24 heavy (non-hydrogen) atoms. The quantitative estimate of drug-likeness (QED) is 0.627. The number of rotatable bonds is 5. The molecule has 1 aliphatic rings. The lowest BCUT2D eigenvalue weighted by Crippen LogP contribution is -2.51. The Labute approximate surface area is 138 Å². The zero-order valence-corrected chi connectivity index (χ0v) is 13.3. The number of carbonyl (C=O) groups excluding carboxylic acids is 2. The summed E-state index contributed by atoms with van der Waals surface area (Å²) >= 11 is 0. The van der Waals surface area contributed by atoms with Crippen LogP contribution in [0.15, 0.2) is 18.2 Å². The fourth-order valence-corrected chi connectivity index (χ4v) is 2.53. The van der Waals surface area contributed by atoms with Crippen molar-refractivity contribution in [3.63, 3.8) is 0 Å². The molecule has 0 radical (unpaired) electrons. The van der Waals surface area contributed by atoms with Gasteiger partial charge in [-0.1, -0.05) is 0 Å². The maximum atomic E-state index is 13.9. The molecule has 130 valence electrons. The van der Waals surface area contributed by atoms with Crippen molar-refractivity contribution in [2.45, 2.75) is 6.92 Å². The number of benzene rings is 1. The van der Waals surface area contributed by atoms with E-state index in [1.54, 1.807) is 0 Å². The van der Waals surface area contributed by atoms with Gasteiger partial charge < -0.3 is 10.2 Å². The first kappa shape index (κ1) is 17.8. The summed E-state index contributed by atoms with van der Waals surface area (Å²) in [5, 5.41) is 13.3. The van der Waals surface area contributed by atoms with Crippen LogP contribution in [0.3, 0.4) is 0 Å².